The summed E-state index contributed by atoms with van der Waals surface area (Å²) in [5.74, 6) is 0.852. The minimum Gasteiger partial charge on any atom is -0.264 e. The molecule has 10 heteroatoms. The van der Waals surface area contributed by atoms with Gasteiger partial charge in [-0.15, -0.1) is 0 Å². The van der Waals surface area contributed by atoms with Gasteiger partial charge in [0.2, 0.25) is 0 Å². The molecule has 8 nitrogen and oxygen atoms in total. The summed E-state index contributed by atoms with van der Waals surface area (Å²) in [4.78, 5) is 0. The summed E-state index contributed by atoms with van der Waals surface area (Å²) in [5.41, 5.74) is 0. The SMILES string of the molecule is CCCCCCCC(C)CCCCCCCCOS(=O)(=O)O.CCCCCCCCCCCCCCCC(C)OS(=O)(=O)O. The third kappa shape index (κ3) is 43.9. The lowest BCUT2D eigenvalue weighted by Crippen LogP contribution is -2.14. The third-order valence-electron chi connectivity index (χ3n) is 8.12. The van der Waals surface area contributed by atoms with Crippen LogP contribution < -0.4 is 0 Å². The van der Waals surface area contributed by atoms with Gasteiger partial charge in [-0.2, -0.15) is 16.8 Å². The zero-order valence-corrected chi connectivity index (χ0v) is 30.7. The largest absolute Gasteiger partial charge is 0.397 e. The zero-order valence-electron chi connectivity index (χ0n) is 29.1. The van der Waals surface area contributed by atoms with E-state index < -0.39 is 26.9 Å². The third-order valence-corrected chi connectivity index (χ3v) is 9.16. The molecule has 0 fully saturated rings. The van der Waals surface area contributed by atoms with Crippen molar-refractivity contribution in [2.75, 3.05) is 6.61 Å². The number of unbranched alkanes of at least 4 members (excludes halogenated alkanes) is 21. The van der Waals surface area contributed by atoms with Gasteiger partial charge in [0.25, 0.3) is 0 Å². The van der Waals surface area contributed by atoms with Gasteiger partial charge in [0.15, 0.2) is 0 Å². The molecular weight excluding hydrogens is 601 g/mol. The maximum Gasteiger partial charge on any atom is 0.397 e. The van der Waals surface area contributed by atoms with Crippen molar-refractivity contribution in [3.8, 4) is 0 Å². The molecule has 0 bridgehead atoms. The van der Waals surface area contributed by atoms with Crippen LogP contribution in [-0.4, -0.2) is 38.7 Å². The highest BCUT2D eigenvalue weighted by Gasteiger charge is 2.11. The van der Waals surface area contributed by atoms with E-state index in [1.807, 2.05) is 0 Å². The minimum atomic E-state index is -4.29. The Kier molecular flexibility index (Phi) is 34.1. The van der Waals surface area contributed by atoms with E-state index in [2.05, 4.69) is 29.1 Å². The second-order valence-electron chi connectivity index (χ2n) is 12.8. The van der Waals surface area contributed by atoms with Crippen LogP contribution in [0.25, 0.3) is 0 Å². The normalized spacial score (nSPS) is 13.4. The quantitative estimate of drug-likeness (QED) is 0.0534. The van der Waals surface area contributed by atoms with Gasteiger partial charge in [-0.25, -0.2) is 8.37 Å². The molecule has 0 aliphatic rings. The first kappa shape index (κ1) is 45.9. The van der Waals surface area contributed by atoms with Crippen LogP contribution >= 0.6 is 0 Å². The van der Waals surface area contributed by atoms with Crippen LogP contribution in [0.15, 0.2) is 0 Å². The first-order valence-electron chi connectivity index (χ1n) is 18.2. The van der Waals surface area contributed by atoms with E-state index in [1.165, 1.54) is 135 Å². The Labute approximate surface area is 274 Å². The lowest BCUT2D eigenvalue weighted by atomic mass is 9.96. The number of hydrogen-bond donors (Lipinski definition) is 2. The van der Waals surface area contributed by atoms with Gasteiger partial charge in [-0.05, 0) is 25.7 Å². The summed E-state index contributed by atoms with van der Waals surface area (Å²) in [6, 6.07) is 0. The highest BCUT2D eigenvalue weighted by Crippen LogP contribution is 2.18. The summed E-state index contributed by atoms with van der Waals surface area (Å²) < 4.78 is 67.4. The number of rotatable bonds is 32. The Balaban J connectivity index is 0. The fourth-order valence-electron chi connectivity index (χ4n) is 5.41. The van der Waals surface area contributed by atoms with Gasteiger partial charge in [-0.3, -0.25) is 9.11 Å². The highest BCUT2D eigenvalue weighted by molar-refractivity contribution is 7.81. The van der Waals surface area contributed by atoms with Gasteiger partial charge in [-0.1, -0.05) is 181 Å². The molecule has 0 aliphatic heterocycles. The van der Waals surface area contributed by atoms with Crippen molar-refractivity contribution in [2.24, 2.45) is 5.92 Å². The predicted octanol–water partition coefficient (Wildman–Crippen LogP) is 11.2. The molecule has 0 spiro atoms. The Morgan fingerprint density at radius 2 is 0.773 bits per heavy atom. The van der Waals surface area contributed by atoms with Crippen molar-refractivity contribution < 1.29 is 34.3 Å². The standard InChI is InChI=1S/2C17H36O4S/c1-3-4-5-8-11-14-17(2)15-12-9-6-7-10-13-16-21-22(18,19)20;1-3-4-5-6-7-8-9-10-11-12-13-14-15-16-17(2)21-22(18,19)20/h2*17H,3-16H2,1-2H3,(H,18,19,20). The van der Waals surface area contributed by atoms with E-state index in [-0.39, 0.29) is 6.61 Å². The van der Waals surface area contributed by atoms with Gasteiger partial charge in [0, 0.05) is 0 Å². The van der Waals surface area contributed by atoms with Crippen molar-refractivity contribution in [1.29, 1.82) is 0 Å². The summed E-state index contributed by atoms with van der Waals surface area (Å²) in [6.45, 7) is 8.64. The monoisotopic (exact) mass is 672 g/mol. The average Bonchev–Trinajstić information content (AvgIpc) is 2.93. The molecule has 0 amide bonds. The molecule has 0 saturated carbocycles. The van der Waals surface area contributed by atoms with Crippen molar-refractivity contribution in [1.82, 2.24) is 0 Å². The van der Waals surface area contributed by atoms with Crippen molar-refractivity contribution >= 4 is 20.8 Å². The fraction of sp³-hybridized carbons (Fsp3) is 1.00. The first-order chi connectivity index (χ1) is 20.9. The lowest BCUT2D eigenvalue weighted by Gasteiger charge is -2.11. The fourth-order valence-corrected chi connectivity index (χ4v) is 6.25. The van der Waals surface area contributed by atoms with E-state index in [0.29, 0.717) is 12.8 Å². The highest BCUT2D eigenvalue weighted by atomic mass is 32.3. The molecule has 268 valence electrons. The van der Waals surface area contributed by atoms with E-state index >= 15 is 0 Å². The smallest absolute Gasteiger partial charge is 0.264 e. The van der Waals surface area contributed by atoms with E-state index in [4.69, 9.17) is 9.11 Å². The summed E-state index contributed by atoms with van der Waals surface area (Å²) in [5, 5.41) is 0. The molecule has 2 unspecified atom stereocenters. The molecule has 0 heterocycles. The van der Waals surface area contributed by atoms with Gasteiger partial charge in [0.05, 0.1) is 12.7 Å². The summed E-state index contributed by atoms with van der Waals surface area (Å²) >= 11 is 0. The topological polar surface area (TPSA) is 127 Å². The van der Waals surface area contributed by atoms with Crippen LogP contribution in [0, 0.1) is 5.92 Å². The van der Waals surface area contributed by atoms with Crippen LogP contribution in [0.3, 0.4) is 0 Å². The van der Waals surface area contributed by atoms with E-state index in [0.717, 1.165) is 31.6 Å². The molecule has 2 N–H and O–H groups in total. The Bertz CT molecular complexity index is 787. The molecule has 0 aromatic carbocycles. The second-order valence-corrected chi connectivity index (χ2v) is 15.0. The van der Waals surface area contributed by atoms with Crippen LogP contribution in [0.1, 0.15) is 201 Å². The van der Waals surface area contributed by atoms with Crippen LogP contribution in [-0.2, 0) is 29.2 Å². The molecule has 0 aromatic rings. The average molecular weight is 673 g/mol. The molecule has 0 saturated heterocycles. The Hall–Kier alpha value is -0.260. The summed E-state index contributed by atoms with van der Waals surface area (Å²) in [7, 11) is -8.54. The van der Waals surface area contributed by atoms with Gasteiger partial charge >= 0.3 is 20.8 Å². The van der Waals surface area contributed by atoms with Gasteiger partial charge < -0.3 is 0 Å². The molecular formula is C34H72O8S2. The van der Waals surface area contributed by atoms with Crippen LogP contribution in [0.5, 0.6) is 0 Å². The molecule has 0 rings (SSSR count). The van der Waals surface area contributed by atoms with Crippen LogP contribution in [0.4, 0.5) is 0 Å². The molecule has 44 heavy (non-hydrogen) atoms. The molecule has 0 radical (unpaired) electrons. The number of hydrogen-bond acceptors (Lipinski definition) is 6. The van der Waals surface area contributed by atoms with Crippen molar-refractivity contribution in [3.63, 3.8) is 0 Å². The van der Waals surface area contributed by atoms with Crippen molar-refractivity contribution in [2.45, 2.75) is 207 Å². The molecule has 2 atom stereocenters. The zero-order chi connectivity index (χ0) is 33.4. The van der Waals surface area contributed by atoms with Gasteiger partial charge in [0.1, 0.15) is 0 Å². The lowest BCUT2D eigenvalue weighted by molar-refractivity contribution is 0.185. The Morgan fingerprint density at radius 3 is 1.11 bits per heavy atom. The first-order valence-corrected chi connectivity index (χ1v) is 20.9. The maximum atomic E-state index is 10.5. The summed E-state index contributed by atoms with van der Waals surface area (Å²) in [6.07, 6.45) is 33.2. The Morgan fingerprint density at radius 1 is 0.455 bits per heavy atom. The maximum absolute atomic E-state index is 10.5. The predicted molar refractivity (Wildman–Crippen MR) is 185 cm³/mol. The second kappa shape index (κ2) is 32.7. The minimum absolute atomic E-state index is 0.0912. The molecule has 0 aromatic heterocycles. The van der Waals surface area contributed by atoms with E-state index in [9.17, 15) is 16.8 Å². The van der Waals surface area contributed by atoms with Crippen molar-refractivity contribution in [3.05, 3.63) is 0 Å². The van der Waals surface area contributed by atoms with Crippen LogP contribution in [0.2, 0.25) is 0 Å². The molecule has 0 aliphatic carbocycles. The van der Waals surface area contributed by atoms with E-state index in [1.54, 1.807) is 6.92 Å².